The molecule has 1 saturated carbocycles. The topological polar surface area (TPSA) is 117 Å². The minimum atomic E-state index is -0.0846. The molecule has 2 atom stereocenters. The van der Waals surface area contributed by atoms with E-state index in [4.69, 9.17) is 24.2 Å². The van der Waals surface area contributed by atoms with Gasteiger partial charge in [-0.05, 0) is 66.8 Å². The quantitative estimate of drug-likeness (QED) is 0.161. The summed E-state index contributed by atoms with van der Waals surface area (Å²) in [5.74, 6) is 2.39. The number of nitrogens with one attached hydrogen (secondary N) is 2. The van der Waals surface area contributed by atoms with Gasteiger partial charge in [0.1, 0.15) is 23.9 Å². The van der Waals surface area contributed by atoms with Gasteiger partial charge in [0.05, 0.1) is 32.1 Å². The van der Waals surface area contributed by atoms with Crippen molar-refractivity contribution in [3.8, 4) is 11.4 Å². The first-order valence-corrected chi connectivity index (χ1v) is 14.3. The predicted molar refractivity (Wildman–Crippen MR) is 165 cm³/mol. The lowest BCUT2D eigenvalue weighted by atomic mass is 10.2. The average molecular weight is 582 g/mol. The monoisotopic (exact) mass is 581 g/mol. The summed E-state index contributed by atoms with van der Waals surface area (Å²) in [6.07, 6.45) is 8.19. The number of aromatic nitrogens is 5. The third-order valence-corrected chi connectivity index (χ3v) is 7.58. The minimum absolute atomic E-state index is 0.0846. The van der Waals surface area contributed by atoms with Gasteiger partial charge < -0.3 is 24.8 Å². The smallest absolute Gasteiger partial charge is 0.255 e. The van der Waals surface area contributed by atoms with E-state index in [1.807, 2.05) is 42.6 Å². The number of benzene rings is 1. The Balaban J connectivity index is 1.16. The minimum Gasteiger partial charge on any atom is -0.497 e. The number of nitrogens with zero attached hydrogens (tertiary/aromatic N) is 5. The van der Waals surface area contributed by atoms with Crippen LogP contribution in [0.2, 0.25) is 0 Å². The number of ether oxygens (including phenoxy) is 3. The van der Waals surface area contributed by atoms with Crippen LogP contribution < -0.4 is 20.9 Å². The van der Waals surface area contributed by atoms with E-state index >= 15 is 0 Å². The highest BCUT2D eigenvalue weighted by Crippen LogP contribution is 2.28. The van der Waals surface area contributed by atoms with Crippen LogP contribution in [-0.2, 0) is 22.6 Å². The summed E-state index contributed by atoms with van der Waals surface area (Å²) >= 11 is 0. The van der Waals surface area contributed by atoms with Crippen LogP contribution in [0.15, 0.2) is 84.0 Å². The van der Waals surface area contributed by atoms with Crippen LogP contribution in [0.5, 0.6) is 5.75 Å². The first kappa shape index (κ1) is 28.4. The highest BCUT2D eigenvalue weighted by Gasteiger charge is 2.27. The van der Waals surface area contributed by atoms with Crippen molar-refractivity contribution in [2.45, 2.75) is 44.5 Å². The second kappa shape index (κ2) is 13.1. The van der Waals surface area contributed by atoms with E-state index in [0.29, 0.717) is 13.2 Å². The zero-order valence-corrected chi connectivity index (χ0v) is 24.3. The summed E-state index contributed by atoms with van der Waals surface area (Å²) in [5.41, 5.74) is 4.33. The molecule has 0 saturated heterocycles. The molecule has 0 spiro atoms. The number of hydrogen-bond donors (Lipinski definition) is 2. The zero-order valence-electron chi connectivity index (χ0n) is 24.3. The van der Waals surface area contributed by atoms with Gasteiger partial charge in [0.2, 0.25) is 5.95 Å². The van der Waals surface area contributed by atoms with Crippen LogP contribution in [0.3, 0.4) is 0 Å². The van der Waals surface area contributed by atoms with E-state index < -0.39 is 0 Å². The fourth-order valence-corrected chi connectivity index (χ4v) is 5.44. The molecular formula is C32H35N7O4. The normalized spacial score (nSPS) is 16.4. The van der Waals surface area contributed by atoms with E-state index in [2.05, 4.69) is 32.3 Å². The van der Waals surface area contributed by atoms with Gasteiger partial charge in [-0.25, -0.2) is 15.0 Å². The largest absolute Gasteiger partial charge is 0.497 e. The molecule has 0 amide bonds. The van der Waals surface area contributed by atoms with Crippen LogP contribution in [0.25, 0.3) is 16.9 Å². The fourth-order valence-electron chi connectivity index (χ4n) is 5.44. The Labute approximate surface area is 249 Å². The highest BCUT2D eigenvalue weighted by molar-refractivity contribution is 5.75. The molecule has 1 fully saturated rings. The third kappa shape index (κ3) is 6.68. The summed E-state index contributed by atoms with van der Waals surface area (Å²) < 4.78 is 19.6. The fraction of sp³-hybridized carbons (Fsp3) is 0.312. The van der Waals surface area contributed by atoms with Gasteiger partial charge in [0.15, 0.2) is 5.65 Å². The van der Waals surface area contributed by atoms with E-state index in [9.17, 15) is 4.79 Å². The average Bonchev–Trinajstić information content (AvgIpc) is 3.61. The third-order valence-electron chi connectivity index (χ3n) is 7.58. The number of pyridine rings is 3. The molecule has 1 aliphatic carbocycles. The zero-order chi connectivity index (χ0) is 29.6. The van der Waals surface area contributed by atoms with Crippen LogP contribution in [-0.4, -0.2) is 57.2 Å². The SMILES string of the molecule is COCOCc1cnc2c(c1)nc(N[C@H]1CC[C@H](Nc3ccc(-n4ccccc4=O)cn3)C1)n2Cc1ccc(OC)cc1. The lowest BCUT2D eigenvalue weighted by Crippen LogP contribution is -2.23. The van der Waals surface area contributed by atoms with Crippen molar-refractivity contribution in [1.82, 2.24) is 24.1 Å². The summed E-state index contributed by atoms with van der Waals surface area (Å²) in [4.78, 5) is 26.4. The van der Waals surface area contributed by atoms with E-state index in [1.54, 1.807) is 37.2 Å². The van der Waals surface area contributed by atoms with Gasteiger partial charge in [0.25, 0.3) is 5.56 Å². The number of imidazole rings is 1. The Morgan fingerprint density at radius 2 is 1.77 bits per heavy atom. The molecule has 1 aliphatic rings. The van der Waals surface area contributed by atoms with Gasteiger partial charge in [0, 0.05) is 37.7 Å². The van der Waals surface area contributed by atoms with Crippen molar-refractivity contribution < 1.29 is 14.2 Å². The molecule has 6 rings (SSSR count). The summed E-state index contributed by atoms with van der Waals surface area (Å²) in [6, 6.07) is 19.5. The molecular weight excluding hydrogens is 546 g/mol. The van der Waals surface area contributed by atoms with Crippen LogP contribution >= 0.6 is 0 Å². The van der Waals surface area contributed by atoms with Gasteiger partial charge >= 0.3 is 0 Å². The molecule has 0 bridgehead atoms. The lowest BCUT2D eigenvalue weighted by Gasteiger charge is -2.17. The summed E-state index contributed by atoms with van der Waals surface area (Å²) in [6.45, 7) is 1.24. The number of methoxy groups -OCH3 is 2. The van der Waals surface area contributed by atoms with Crippen LogP contribution in [0.4, 0.5) is 11.8 Å². The Kier molecular flexibility index (Phi) is 8.62. The molecule has 4 aromatic heterocycles. The van der Waals surface area contributed by atoms with Gasteiger partial charge in [-0.3, -0.25) is 13.9 Å². The Morgan fingerprint density at radius 3 is 2.51 bits per heavy atom. The van der Waals surface area contributed by atoms with Crippen LogP contribution in [0.1, 0.15) is 30.4 Å². The number of anilines is 2. The molecule has 0 radical (unpaired) electrons. The standard InChI is InChI=1S/C32H35N7O4/c1-41-21-43-20-23-15-28-31(34-17-23)39(19-22-6-11-27(42-2)12-7-22)32(37-28)36-25-9-8-24(16-25)35-29-13-10-26(18-33-29)38-14-4-3-5-30(38)40/h3-7,10-15,17-18,24-25H,8-9,16,19-21H2,1-2H3,(H,33,35)(H,36,37)/t24-,25-/m0/s1. The molecule has 0 aliphatic heterocycles. The maximum absolute atomic E-state index is 12.1. The molecule has 222 valence electrons. The van der Waals surface area contributed by atoms with Crippen molar-refractivity contribution in [2.24, 2.45) is 0 Å². The van der Waals surface area contributed by atoms with Crippen molar-refractivity contribution in [3.05, 3.63) is 101 Å². The maximum Gasteiger partial charge on any atom is 0.255 e. The number of rotatable bonds is 12. The van der Waals surface area contributed by atoms with Gasteiger partial charge in [-0.15, -0.1) is 0 Å². The lowest BCUT2D eigenvalue weighted by molar-refractivity contribution is -0.0391. The van der Waals surface area contributed by atoms with Crippen molar-refractivity contribution in [3.63, 3.8) is 0 Å². The second-order valence-corrected chi connectivity index (χ2v) is 10.6. The van der Waals surface area contributed by atoms with Crippen molar-refractivity contribution >= 4 is 22.9 Å². The van der Waals surface area contributed by atoms with Crippen LogP contribution in [0, 0.1) is 0 Å². The summed E-state index contributed by atoms with van der Waals surface area (Å²) in [5, 5.41) is 7.26. The molecule has 11 nitrogen and oxygen atoms in total. The highest BCUT2D eigenvalue weighted by atomic mass is 16.7. The Hall–Kier alpha value is -4.74. The molecule has 5 aromatic rings. The molecule has 43 heavy (non-hydrogen) atoms. The van der Waals surface area contributed by atoms with E-state index in [0.717, 1.165) is 64.8 Å². The number of hydrogen-bond acceptors (Lipinski definition) is 9. The van der Waals surface area contributed by atoms with E-state index in [-0.39, 0.29) is 24.4 Å². The maximum atomic E-state index is 12.1. The summed E-state index contributed by atoms with van der Waals surface area (Å²) in [7, 11) is 3.27. The predicted octanol–water partition coefficient (Wildman–Crippen LogP) is 4.60. The molecule has 11 heteroatoms. The van der Waals surface area contributed by atoms with Gasteiger partial charge in [-0.2, -0.15) is 0 Å². The Bertz CT molecular complexity index is 1720. The van der Waals surface area contributed by atoms with Crippen molar-refractivity contribution in [2.75, 3.05) is 31.6 Å². The molecule has 2 N–H and O–H groups in total. The molecule has 4 heterocycles. The Morgan fingerprint density at radius 1 is 0.930 bits per heavy atom. The second-order valence-electron chi connectivity index (χ2n) is 10.6. The first-order valence-electron chi connectivity index (χ1n) is 14.3. The van der Waals surface area contributed by atoms with Crippen molar-refractivity contribution in [1.29, 1.82) is 0 Å². The molecule has 1 aromatic carbocycles. The number of fused-ring (bicyclic) bond motifs is 1. The van der Waals surface area contributed by atoms with E-state index in [1.165, 1.54) is 6.07 Å². The van der Waals surface area contributed by atoms with Gasteiger partial charge in [-0.1, -0.05) is 18.2 Å². The first-order chi connectivity index (χ1) is 21.1. The molecule has 0 unspecified atom stereocenters.